The van der Waals surface area contributed by atoms with Crippen LogP contribution in [0.3, 0.4) is 0 Å². The fourth-order valence-corrected chi connectivity index (χ4v) is 2.35. The zero-order valence-electron chi connectivity index (χ0n) is 16.9. The molecule has 0 saturated heterocycles. The SMILES string of the molecule is CCNC(=NCCN(C)CCCOC)NCCNc1ccc([N+](=O)[O-])cc1.I. The van der Waals surface area contributed by atoms with E-state index in [1.807, 2.05) is 6.92 Å². The van der Waals surface area contributed by atoms with Gasteiger partial charge in [-0.1, -0.05) is 0 Å². The number of likely N-dealkylation sites (N-methyl/N-ethyl adjacent to an activating group) is 1. The maximum Gasteiger partial charge on any atom is 0.269 e. The number of nitro benzene ring substituents is 1. The van der Waals surface area contributed by atoms with E-state index in [4.69, 9.17) is 4.74 Å². The normalized spacial score (nSPS) is 11.1. The van der Waals surface area contributed by atoms with Gasteiger partial charge in [-0.05, 0) is 32.5 Å². The summed E-state index contributed by atoms with van der Waals surface area (Å²) in [5, 5.41) is 20.4. The first-order chi connectivity index (χ1) is 13.1. The van der Waals surface area contributed by atoms with Gasteiger partial charge in [0.05, 0.1) is 11.5 Å². The summed E-state index contributed by atoms with van der Waals surface area (Å²) in [6, 6.07) is 6.39. The van der Waals surface area contributed by atoms with Crippen molar-refractivity contribution in [3.63, 3.8) is 0 Å². The number of hydrogen-bond donors (Lipinski definition) is 3. The molecule has 0 aliphatic carbocycles. The van der Waals surface area contributed by atoms with Gasteiger partial charge in [0, 0.05) is 64.3 Å². The number of nitrogens with one attached hydrogen (secondary N) is 3. The highest BCUT2D eigenvalue weighted by Crippen LogP contribution is 2.14. The van der Waals surface area contributed by atoms with Crippen LogP contribution in [0.1, 0.15) is 13.3 Å². The molecule has 0 bridgehead atoms. The van der Waals surface area contributed by atoms with Gasteiger partial charge in [0.25, 0.3) is 5.69 Å². The van der Waals surface area contributed by atoms with Gasteiger partial charge in [0.2, 0.25) is 0 Å². The van der Waals surface area contributed by atoms with Gasteiger partial charge in [0.15, 0.2) is 5.96 Å². The summed E-state index contributed by atoms with van der Waals surface area (Å²) in [5.41, 5.74) is 0.939. The summed E-state index contributed by atoms with van der Waals surface area (Å²) in [5.74, 6) is 0.785. The molecule has 10 heteroatoms. The molecule has 0 radical (unpaired) electrons. The van der Waals surface area contributed by atoms with Crippen molar-refractivity contribution in [2.75, 3.05) is 65.3 Å². The lowest BCUT2D eigenvalue weighted by Gasteiger charge is -2.16. The van der Waals surface area contributed by atoms with Gasteiger partial charge in [-0.2, -0.15) is 0 Å². The quantitative estimate of drug-likeness (QED) is 0.0937. The Hall–Kier alpha value is -1.66. The number of guanidine groups is 1. The first-order valence-corrected chi connectivity index (χ1v) is 9.24. The van der Waals surface area contributed by atoms with Gasteiger partial charge in [-0.3, -0.25) is 15.1 Å². The van der Waals surface area contributed by atoms with Crippen LogP contribution < -0.4 is 16.0 Å². The highest BCUT2D eigenvalue weighted by Gasteiger charge is 2.03. The molecule has 160 valence electrons. The van der Waals surface area contributed by atoms with Crippen molar-refractivity contribution in [2.45, 2.75) is 13.3 Å². The average Bonchev–Trinajstić information content (AvgIpc) is 2.65. The van der Waals surface area contributed by atoms with E-state index in [0.29, 0.717) is 19.6 Å². The van der Waals surface area contributed by atoms with E-state index < -0.39 is 4.92 Å². The molecule has 28 heavy (non-hydrogen) atoms. The number of benzene rings is 1. The van der Waals surface area contributed by atoms with Crippen LogP contribution in [-0.2, 0) is 4.74 Å². The van der Waals surface area contributed by atoms with Crippen molar-refractivity contribution in [3.8, 4) is 0 Å². The third-order valence-corrected chi connectivity index (χ3v) is 3.81. The largest absolute Gasteiger partial charge is 0.385 e. The lowest BCUT2D eigenvalue weighted by atomic mass is 10.3. The number of rotatable bonds is 13. The van der Waals surface area contributed by atoms with Crippen molar-refractivity contribution in [1.82, 2.24) is 15.5 Å². The minimum atomic E-state index is -0.403. The molecule has 1 aromatic rings. The zero-order chi connectivity index (χ0) is 19.9. The maximum atomic E-state index is 10.6. The topological polar surface area (TPSA) is 104 Å². The molecule has 1 rings (SSSR count). The predicted octanol–water partition coefficient (Wildman–Crippen LogP) is 2.15. The van der Waals surface area contributed by atoms with E-state index in [1.54, 1.807) is 19.2 Å². The Balaban J connectivity index is 0.00000729. The molecule has 0 fully saturated rings. The van der Waals surface area contributed by atoms with E-state index in [1.165, 1.54) is 12.1 Å². The molecule has 0 aliphatic rings. The van der Waals surface area contributed by atoms with E-state index in [-0.39, 0.29) is 29.7 Å². The molecule has 9 nitrogen and oxygen atoms in total. The van der Waals surface area contributed by atoms with Crippen molar-refractivity contribution in [1.29, 1.82) is 0 Å². The summed E-state index contributed by atoms with van der Waals surface area (Å²) in [4.78, 5) is 17.1. The molecular formula is C18H33IN6O3. The first-order valence-electron chi connectivity index (χ1n) is 9.24. The van der Waals surface area contributed by atoms with Crippen molar-refractivity contribution >= 4 is 41.3 Å². The van der Waals surface area contributed by atoms with Gasteiger partial charge < -0.3 is 25.6 Å². The first kappa shape index (κ1) is 26.3. The van der Waals surface area contributed by atoms with Gasteiger partial charge >= 0.3 is 0 Å². The Kier molecular flexibility index (Phi) is 15.3. The monoisotopic (exact) mass is 508 g/mol. The van der Waals surface area contributed by atoms with Crippen LogP contribution in [0.5, 0.6) is 0 Å². The highest BCUT2D eigenvalue weighted by molar-refractivity contribution is 14.0. The van der Waals surface area contributed by atoms with Gasteiger partial charge in [-0.25, -0.2) is 0 Å². The van der Waals surface area contributed by atoms with E-state index >= 15 is 0 Å². The number of nitro groups is 1. The van der Waals surface area contributed by atoms with Crippen LogP contribution >= 0.6 is 24.0 Å². The summed E-state index contributed by atoms with van der Waals surface area (Å²) < 4.78 is 5.06. The fraction of sp³-hybridized carbons (Fsp3) is 0.611. The number of nitrogens with zero attached hydrogens (tertiary/aromatic N) is 3. The Morgan fingerprint density at radius 2 is 1.93 bits per heavy atom. The molecule has 0 aromatic heterocycles. The minimum Gasteiger partial charge on any atom is -0.385 e. The molecule has 0 amide bonds. The van der Waals surface area contributed by atoms with Crippen molar-refractivity contribution < 1.29 is 9.66 Å². The number of halogens is 1. The molecule has 3 N–H and O–H groups in total. The second kappa shape index (κ2) is 16.3. The molecule has 0 heterocycles. The van der Waals surface area contributed by atoms with Crippen molar-refractivity contribution in [3.05, 3.63) is 34.4 Å². The third kappa shape index (κ3) is 11.9. The summed E-state index contributed by atoms with van der Waals surface area (Å²) >= 11 is 0. The Labute approximate surface area is 184 Å². The lowest BCUT2D eigenvalue weighted by molar-refractivity contribution is -0.384. The summed E-state index contributed by atoms with van der Waals surface area (Å²) in [6.45, 7) is 7.57. The van der Waals surface area contributed by atoms with Crippen LogP contribution in [0.4, 0.5) is 11.4 Å². The van der Waals surface area contributed by atoms with Crippen LogP contribution in [0.2, 0.25) is 0 Å². The van der Waals surface area contributed by atoms with Gasteiger partial charge in [0.1, 0.15) is 0 Å². The average molecular weight is 508 g/mol. The maximum absolute atomic E-state index is 10.6. The minimum absolute atomic E-state index is 0. The number of ether oxygens (including phenoxy) is 1. The standard InChI is InChI=1S/C18H32N6O3.HI/c1-4-19-18(22-12-14-23(2)13-5-15-27-3)21-11-10-20-16-6-8-17(9-7-16)24(25)26;/h6-9,20H,4-5,10-15H2,1-3H3,(H2,19,21,22);1H. The smallest absolute Gasteiger partial charge is 0.269 e. The molecule has 0 spiro atoms. The molecular weight excluding hydrogens is 475 g/mol. The summed E-state index contributed by atoms with van der Waals surface area (Å²) in [7, 11) is 3.80. The Bertz CT molecular complexity index is 571. The predicted molar refractivity (Wildman–Crippen MR) is 125 cm³/mol. The van der Waals surface area contributed by atoms with Crippen LogP contribution in [0.25, 0.3) is 0 Å². The van der Waals surface area contributed by atoms with E-state index in [9.17, 15) is 10.1 Å². The number of hydrogen-bond acceptors (Lipinski definition) is 6. The van der Waals surface area contributed by atoms with Crippen molar-refractivity contribution in [2.24, 2.45) is 4.99 Å². The second-order valence-electron chi connectivity index (χ2n) is 6.07. The number of non-ortho nitro benzene ring substituents is 1. The molecule has 0 saturated carbocycles. The van der Waals surface area contributed by atoms with Crippen LogP contribution in [0.15, 0.2) is 29.3 Å². The Morgan fingerprint density at radius 1 is 1.21 bits per heavy atom. The lowest BCUT2D eigenvalue weighted by Crippen LogP contribution is -2.40. The van der Waals surface area contributed by atoms with Gasteiger partial charge in [-0.15, -0.1) is 24.0 Å². The second-order valence-corrected chi connectivity index (χ2v) is 6.07. The van der Waals surface area contributed by atoms with Crippen LogP contribution in [-0.4, -0.2) is 75.8 Å². The number of anilines is 1. The molecule has 0 unspecified atom stereocenters. The van der Waals surface area contributed by atoms with E-state index in [2.05, 4.69) is 32.9 Å². The zero-order valence-corrected chi connectivity index (χ0v) is 19.3. The summed E-state index contributed by atoms with van der Waals surface area (Å²) in [6.07, 6.45) is 1.02. The third-order valence-electron chi connectivity index (χ3n) is 3.81. The fourth-order valence-electron chi connectivity index (χ4n) is 2.35. The molecule has 0 atom stereocenters. The number of aliphatic imine (C=N–C) groups is 1. The Morgan fingerprint density at radius 3 is 2.54 bits per heavy atom. The van der Waals surface area contributed by atoms with Crippen LogP contribution in [0, 0.1) is 10.1 Å². The highest BCUT2D eigenvalue weighted by atomic mass is 127. The molecule has 1 aromatic carbocycles. The van der Waals surface area contributed by atoms with E-state index in [0.717, 1.165) is 44.3 Å². The molecule has 0 aliphatic heterocycles. The number of methoxy groups -OCH3 is 1.